The van der Waals surface area contributed by atoms with Crippen LogP contribution in [0, 0.1) is 0 Å². The highest BCUT2D eigenvalue weighted by Gasteiger charge is 2.25. The average Bonchev–Trinajstić information content (AvgIpc) is 2.74. The standard InChI is InChI=1S/C12H16ClN3O3S/c1-9(8-16-6-2-3-12(16)17)15-20(18,19)11-7-14-5-4-10(11)13/h4-5,7,9,15H,2-3,6,8H2,1H3. The van der Waals surface area contributed by atoms with Crippen molar-refractivity contribution in [2.75, 3.05) is 13.1 Å². The smallest absolute Gasteiger partial charge is 0.243 e. The monoisotopic (exact) mass is 317 g/mol. The second-order valence-corrected chi connectivity index (χ2v) is 6.86. The first kappa shape index (κ1) is 15.2. The van der Waals surface area contributed by atoms with Gasteiger partial charge in [-0.25, -0.2) is 13.1 Å². The lowest BCUT2D eigenvalue weighted by atomic mass is 10.3. The van der Waals surface area contributed by atoms with Crippen molar-refractivity contribution in [3.8, 4) is 0 Å². The molecule has 1 fully saturated rings. The highest BCUT2D eigenvalue weighted by Crippen LogP contribution is 2.19. The zero-order valence-electron chi connectivity index (χ0n) is 11.0. The molecule has 1 aromatic heterocycles. The van der Waals surface area contributed by atoms with Gasteiger partial charge in [0.15, 0.2) is 0 Å². The number of pyridine rings is 1. The van der Waals surface area contributed by atoms with Crippen molar-refractivity contribution in [1.82, 2.24) is 14.6 Å². The van der Waals surface area contributed by atoms with E-state index in [0.29, 0.717) is 19.5 Å². The van der Waals surface area contributed by atoms with E-state index in [1.54, 1.807) is 11.8 Å². The maximum atomic E-state index is 12.2. The summed E-state index contributed by atoms with van der Waals surface area (Å²) in [5.41, 5.74) is 0. The fourth-order valence-corrected chi connectivity index (χ4v) is 3.82. The van der Waals surface area contributed by atoms with E-state index in [2.05, 4.69) is 9.71 Å². The van der Waals surface area contributed by atoms with Crippen LogP contribution >= 0.6 is 11.6 Å². The quantitative estimate of drug-likeness (QED) is 0.879. The van der Waals surface area contributed by atoms with Gasteiger partial charge in [-0.3, -0.25) is 9.78 Å². The van der Waals surface area contributed by atoms with Crippen LogP contribution in [0.2, 0.25) is 5.02 Å². The van der Waals surface area contributed by atoms with E-state index in [1.807, 2.05) is 0 Å². The molecule has 1 aliphatic heterocycles. The topological polar surface area (TPSA) is 79.4 Å². The van der Waals surface area contributed by atoms with Gasteiger partial charge in [-0.1, -0.05) is 11.6 Å². The SMILES string of the molecule is CC(CN1CCCC1=O)NS(=O)(=O)c1cnccc1Cl. The number of sulfonamides is 1. The summed E-state index contributed by atoms with van der Waals surface area (Å²) in [6, 6.07) is 1.03. The zero-order valence-corrected chi connectivity index (χ0v) is 12.6. The van der Waals surface area contributed by atoms with Gasteiger partial charge in [-0.05, 0) is 19.4 Å². The van der Waals surface area contributed by atoms with E-state index < -0.39 is 16.1 Å². The zero-order chi connectivity index (χ0) is 14.8. The van der Waals surface area contributed by atoms with E-state index in [9.17, 15) is 13.2 Å². The van der Waals surface area contributed by atoms with E-state index in [1.165, 1.54) is 18.5 Å². The first-order chi connectivity index (χ1) is 9.40. The molecule has 2 rings (SSSR count). The summed E-state index contributed by atoms with van der Waals surface area (Å²) in [6.07, 6.45) is 3.99. The minimum Gasteiger partial charge on any atom is -0.341 e. The van der Waals surface area contributed by atoms with Crippen molar-refractivity contribution in [3.63, 3.8) is 0 Å². The van der Waals surface area contributed by atoms with Gasteiger partial charge in [0, 0.05) is 37.9 Å². The Hall–Kier alpha value is -1.18. The first-order valence-corrected chi connectivity index (χ1v) is 8.16. The van der Waals surface area contributed by atoms with Gasteiger partial charge in [0.05, 0.1) is 5.02 Å². The number of carbonyl (C=O) groups excluding carboxylic acids is 1. The Morgan fingerprint density at radius 3 is 2.90 bits per heavy atom. The normalized spacial score (nSPS) is 17.5. The Morgan fingerprint density at radius 2 is 2.30 bits per heavy atom. The van der Waals surface area contributed by atoms with Crippen LogP contribution in [-0.4, -0.2) is 43.3 Å². The molecule has 0 saturated carbocycles. The molecule has 0 aromatic carbocycles. The predicted octanol–water partition coefficient (Wildman–Crippen LogP) is 1.02. The number of nitrogens with one attached hydrogen (secondary N) is 1. The van der Waals surface area contributed by atoms with Crippen LogP contribution in [0.25, 0.3) is 0 Å². The molecule has 110 valence electrons. The maximum absolute atomic E-state index is 12.2. The average molecular weight is 318 g/mol. The van der Waals surface area contributed by atoms with Crippen molar-refractivity contribution in [2.24, 2.45) is 0 Å². The van der Waals surface area contributed by atoms with Crippen molar-refractivity contribution in [2.45, 2.75) is 30.7 Å². The molecule has 1 aromatic rings. The Balaban J connectivity index is 2.05. The lowest BCUT2D eigenvalue weighted by Gasteiger charge is -2.21. The molecular weight excluding hydrogens is 302 g/mol. The molecule has 1 aliphatic rings. The van der Waals surface area contributed by atoms with Gasteiger partial charge in [0.1, 0.15) is 4.90 Å². The Bertz CT molecular complexity index is 606. The molecule has 1 unspecified atom stereocenters. The summed E-state index contributed by atoms with van der Waals surface area (Å²) in [5.74, 6) is 0.0652. The molecule has 2 heterocycles. The van der Waals surface area contributed by atoms with Gasteiger partial charge in [0.2, 0.25) is 15.9 Å². The van der Waals surface area contributed by atoms with E-state index >= 15 is 0 Å². The van der Waals surface area contributed by atoms with Crippen LogP contribution in [0.5, 0.6) is 0 Å². The summed E-state index contributed by atoms with van der Waals surface area (Å²) < 4.78 is 26.9. The van der Waals surface area contributed by atoms with Crippen LogP contribution in [-0.2, 0) is 14.8 Å². The maximum Gasteiger partial charge on any atom is 0.243 e. The van der Waals surface area contributed by atoms with Crippen LogP contribution < -0.4 is 4.72 Å². The number of likely N-dealkylation sites (tertiary alicyclic amines) is 1. The molecule has 1 amide bonds. The number of amides is 1. The molecule has 8 heteroatoms. The number of hydrogen-bond donors (Lipinski definition) is 1. The van der Waals surface area contributed by atoms with Crippen molar-refractivity contribution in [3.05, 3.63) is 23.5 Å². The lowest BCUT2D eigenvalue weighted by molar-refractivity contribution is -0.127. The minimum absolute atomic E-state index is 0.0544. The van der Waals surface area contributed by atoms with Crippen LogP contribution in [0.4, 0.5) is 0 Å². The lowest BCUT2D eigenvalue weighted by Crippen LogP contribution is -2.42. The molecule has 0 aliphatic carbocycles. The Morgan fingerprint density at radius 1 is 1.55 bits per heavy atom. The summed E-state index contributed by atoms with van der Waals surface area (Å²) >= 11 is 5.86. The molecule has 1 saturated heterocycles. The molecule has 1 atom stereocenters. The number of aromatic nitrogens is 1. The van der Waals surface area contributed by atoms with E-state index in [-0.39, 0.29) is 15.8 Å². The predicted molar refractivity (Wildman–Crippen MR) is 74.8 cm³/mol. The highest BCUT2D eigenvalue weighted by molar-refractivity contribution is 7.89. The number of nitrogens with zero attached hydrogens (tertiary/aromatic N) is 2. The van der Waals surface area contributed by atoms with Crippen LogP contribution in [0.3, 0.4) is 0 Å². The summed E-state index contributed by atoms with van der Waals surface area (Å²) in [7, 11) is -3.73. The van der Waals surface area contributed by atoms with Gasteiger partial charge in [0.25, 0.3) is 0 Å². The number of halogens is 1. The van der Waals surface area contributed by atoms with Crippen molar-refractivity contribution < 1.29 is 13.2 Å². The molecule has 0 spiro atoms. The highest BCUT2D eigenvalue weighted by atomic mass is 35.5. The molecular formula is C12H16ClN3O3S. The van der Waals surface area contributed by atoms with Gasteiger partial charge < -0.3 is 4.90 Å². The summed E-state index contributed by atoms with van der Waals surface area (Å²) in [6.45, 7) is 2.75. The molecule has 20 heavy (non-hydrogen) atoms. The molecule has 6 nitrogen and oxygen atoms in total. The Labute approximate surface area is 123 Å². The summed E-state index contributed by atoms with van der Waals surface area (Å²) in [4.78, 5) is 16.9. The largest absolute Gasteiger partial charge is 0.341 e. The van der Waals surface area contributed by atoms with Crippen LogP contribution in [0.1, 0.15) is 19.8 Å². The third-order valence-electron chi connectivity index (χ3n) is 3.05. The third-order valence-corrected chi connectivity index (χ3v) is 5.10. The fourth-order valence-electron chi connectivity index (χ4n) is 2.15. The molecule has 0 radical (unpaired) electrons. The second-order valence-electron chi connectivity index (χ2n) is 4.77. The second kappa shape index (κ2) is 6.07. The van der Waals surface area contributed by atoms with Gasteiger partial charge in [-0.15, -0.1) is 0 Å². The van der Waals surface area contributed by atoms with E-state index in [4.69, 9.17) is 11.6 Å². The van der Waals surface area contributed by atoms with Crippen LogP contribution in [0.15, 0.2) is 23.4 Å². The van der Waals surface area contributed by atoms with Crippen molar-refractivity contribution >= 4 is 27.5 Å². The van der Waals surface area contributed by atoms with Crippen molar-refractivity contribution in [1.29, 1.82) is 0 Å². The van der Waals surface area contributed by atoms with E-state index in [0.717, 1.165) is 6.42 Å². The molecule has 0 bridgehead atoms. The Kier molecular flexibility index (Phi) is 4.62. The first-order valence-electron chi connectivity index (χ1n) is 6.30. The fraction of sp³-hybridized carbons (Fsp3) is 0.500. The number of carbonyl (C=O) groups is 1. The minimum atomic E-state index is -3.73. The third kappa shape index (κ3) is 3.47. The summed E-state index contributed by atoms with van der Waals surface area (Å²) in [5, 5.41) is 0.122. The number of hydrogen-bond acceptors (Lipinski definition) is 4. The number of rotatable bonds is 5. The van der Waals surface area contributed by atoms with Gasteiger partial charge in [-0.2, -0.15) is 0 Å². The molecule has 1 N–H and O–H groups in total. The van der Waals surface area contributed by atoms with Gasteiger partial charge >= 0.3 is 0 Å².